The van der Waals surface area contributed by atoms with E-state index in [0.29, 0.717) is 18.9 Å². The van der Waals surface area contributed by atoms with Gasteiger partial charge in [-0.15, -0.1) is 0 Å². The van der Waals surface area contributed by atoms with Crippen LogP contribution in [-0.2, 0) is 21.1 Å². The lowest BCUT2D eigenvalue weighted by molar-refractivity contribution is -0.121. The Bertz CT molecular complexity index is 634. The van der Waals surface area contributed by atoms with Gasteiger partial charge in [0.2, 0.25) is 5.91 Å². The average Bonchev–Trinajstić information content (AvgIpc) is 2.88. The monoisotopic (exact) mass is 353 g/mol. The van der Waals surface area contributed by atoms with Gasteiger partial charge in [0, 0.05) is 44.3 Å². The highest BCUT2D eigenvalue weighted by Crippen LogP contribution is 2.22. The minimum absolute atomic E-state index is 0.000865. The van der Waals surface area contributed by atoms with Crippen LogP contribution in [0, 0.1) is 5.92 Å². The van der Waals surface area contributed by atoms with Gasteiger partial charge in [-0.3, -0.25) is 14.7 Å². The predicted octanol–water partition coefficient (Wildman–Crippen LogP) is 0.885. The summed E-state index contributed by atoms with van der Waals surface area (Å²) in [5.74, 6) is 0.550. The summed E-state index contributed by atoms with van der Waals surface area (Å²) in [6, 6.07) is 3.81. The normalized spacial score (nSPS) is 21.8. The van der Waals surface area contributed by atoms with Crippen LogP contribution in [0.3, 0.4) is 0 Å². The van der Waals surface area contributed by atoms with Gasteiger partial charge in [0.1, 0.15) is 9.84 Å². The zero-order valence-corrected chi connectivity index (χ0v) is 15.3. The van der Waals surface area contributed by atoms with E-state index in [-0.39, 0.29) is 17.7 Å². The third kappa shape index (κ3) is 6.20. The highest BCUT2D eigenvalue weighted by molar-refractivity contribution is 7.90. The lowest BCUT2D eigenvalue weighted by atomic mass is 9.98. The largest absolute Gasteiger partial charge is 0.351 e. The van der Waals surface area contributed by atoms with Crippen molar-refractivity contribution in [3.05, 3.63) is 30.1 Å². The van der Waals surface area contributed by atoms with Crippen molar-refractivity contribution in [1.29, 1.82) is 0 Å². The number of carbonyl (C=O) groups is 1. The predicted molar refractivity (Wildman–Crippen MR) is 94.4 cm³/mol. The SMILES string of the molecule is CCCC1CN(CCS(C)(=O)=O)CC1NC(=O)Cc1cccnc1. The Labute approximate surface area is 144 Å². The van der Waals surface area contributed by atoms with E-state index in [1.165, 1.54) is 6.26 Å². The van der Waals surface area contributed by atoms with Gasteiger partial charge in [-0.05, 0) is 24.0 Å². The molecule has 2 rings (SSSR count). The molecule has 2 unspecified atom stereocenters. The molecular formula is C17H27N3O3S. The zero-order valence-electron chi connectivity index (χ0n) is 14.4. The second-order valence-corrected chi connectivity index (χ2v) is 8.91. The van der Waals surface area contributed by atoms with E-state index >= 15 is 0 Å². The summed E-state index contributed by atoms with van der Waals surface area (Å²) in [4.78, 5) is 18.5. The van der Waals surface area contributed by atoms with Crippen molar-refractivity contribution in [1.82, 2.24) is 15.2 Å². The number of nitrogens with zero attached hydrogens (tertiary/aromatic N) is 2. The molecule has 0 bridgehead atoms. The molecule has 1 amide bonds. The number of pyridine rings is 1. The van der Waals surface area contributed by atoms with Crippen LogP contribution in [0.15, 0.2) is 24.5 Å². The van der Waals surface area contributed by atoms with Gasteiger partial charge >= 0.3 is 0 Å². The van der Waals surface area contributed by atoms with Crippen LogP contribution >= 0.6 is 0 Å². The number of sulfone groups is 1. The van der Waals surface area contributed by atoms with E-state index < -0.39 is 9.84 Å². The molecule has 0 radical (unpaired) electrons. The van der Waals surface area contributed by atoms with Crippen LogP contribution in [0.4, 0.5) is 0 Å². The van der Waals surface area contributed by atoms with Gasteiger partial charge in [0.05, 0.1) is 12.2 Å². The molecule has 1 saturated heterocycles. The van der Waals surface area contributed by atoms with Crippen LogP contribution in [0.1, 0.15) is 25.3 Å². The summed E-state index contributed by atoms with van der Waals surface area (Å²) in [5.41, 5.74) is 0.897. The van der Waals surface area contributed by atoms with Crippen molar-refractivity contribution in [3.63, 3.8) is 0 Å². The number of amides is 1. The molecule has 24 heavy (non-hydrogen) atoms. The van der Waals surface area contributed by atoms with E-state index in [2.05, 4.69) is 22.1 Å². The molecule has 1 N–H and O–H groups in total. The van der Waals surface area contributed by atoms with Crippen molar-refractivity contribution < 1.29 is 13.2 Å². The lowest BCUT2D eigenvalue weighted by Crippen LogP contribution is -2.41. The minimum atomic E-state index is -2.96. The van der Waals surface area contributed by atoms with Crippen LogP contribution in [-0.4, -0.2) is 61.9 Å². The Kier molecular flexibility index (Phi) is 6.74. The second-order valence-electron chi connectivity index (χ2n) is 6.65. The maximum Gasteiger partial charge on any atom is 0.224 e. The van der Waals surface area contributed by atoms with Gasteiger partial charge in [0.25, 0.3) is 0 Å². The summed E-state index contributed by atoms with van der Waals surface area (Å²) in [5, 5.41) is 3.13. The maximum absolute atomic E-state index is 12.3. The molecule has 0 spiro atoms. The third-order valence-electron chi connectivity index (χ3n) is 4.39. The molecule has 1 aromatic rings. The molecule has 6 nitrogen and oxygen atoms in total. The smallest absolute Gasteiger partial charge is 0.224 e. The van der Waals surface area contributed by atoms with Crippen LogP contribution < -0.4 is 5.32 Å². The van der Waals surface area contributed by atoms with E-state index in [4.69, 9.17) is 0 Å². The lowest BCUT2D eigenvalue weighted by Gasteiger charge is -2.19. The fraction of sp³-hybridized carbons (Fsp3) is 0.647. The van der Waals surface area contributed by atoms with Crippen molar-refractivity contribution in [2.24, 2.45) is 5.92 Å². The van der Waals surface area contributed by atoms with Gasteiger partial charge in [-0.2, -0.15) is 0 Å². The highest BCUT2D eigenvalue weighted by atomic mass is 32.2. The van der Waals surface area contributed by atoms with Crippen LogP contribution in [0.2, 0.25) is 0 Å². The first kappa shape index (κ1) is 18.9. The number of rotatable bonds is 8. The summed E-state index contributed by atoms with van der Waals surface area (Å²) in [6.07, 6.45) is 7.07. The Balaban J connectivity index is 1.90. The van der Waals surface area contributed by atoms with Gasteiger partial charge < -0.3 is 5.32 Å². The highest BCUT2D eigenvalue weighted by Gasteiger charge is 2.33. The maximum atomic E-state index is 12.3. The van der Waals surface area contributed by atoms with E-state index in [1.807, 2.05) is 12.1 Å². The fourth-order valence-electron chi connectivity index (χ4n) is 3.21. The van der Waals surface area contributed by atoms with Crippen molar-refractivity contribution in [2.45, 2.75) is 32.2 Å². The summed E-state index contributed by atoms with van der Waals surface area (Å²) >= 11 is 0. The Hall–Kier alpha value is -1.47. The minimum Gasteiger partial charge on any atom is -0.351 e. The zero-order chi connectivity index (χ0) is 17.6. The number of nitrogens with one attached hydrogen (secondary N) is 1. The first-order valence-corrected chi connectivity index (χ1v) is 10.5. The van der Waals surface area contributed by atoms with E-state index in [1.54, 1.807) is 12.4 Å². The molecule has 0 aromatic carbocycles. The van der Waals surface area contributed by atoms with Crippen molar-refractivity contribution in [3.8, 4) is 0 Å². The molecule has 7 heteroatoms. The Morgan fingerprint density at radius 2 is 2.21 bits per heavy atom. The molecule has 2 heterocycles. The molecule has 1 aliphatic rings. The standard InChI is InChI=1S/C17H27N3O3S/c1-3-5-15-12-20(8-9-24(2,22)23)13-16(15)19-17(21)10-14-6-4-7-18-11-14/h4,6-7,11,15-16H,3,5,8-10,12-13H2,1-2H3,(H,19,21). The molecule has 0 saturated carbocycles. The first-order chi connectivity index (χ1) is 11.4. The molecule has 1 fully saturated rings. The molecule has 134 valence electrons. The Morgan fingerprint density at radius 1 is 1.42 bits per heavy atom. The third-order valence-corrected chi connectivity index (χ3v) is 5.31. The molecule has 2 atom stereocenters. The number of hydrogen-bond acceptors (Lipinski definition) is 5. The van der Waals surface area contributed by atoms with Crippen molar-refractivity contribution in [2.75, 3.05) is 31.6 Å². The van der Waals surface area contributed by atoms with Crippen LogP contribution in [0.5, 0.6) is 0 Å². The number of likely N-dealkylation sites (tertiary alicyclic amines) is 1. The van der Waals surface area contributed by atoms with Crippen LogP contribution in [0.25, 0.3) is 0 Å². The number of aromatic nitrogens is 1. The van der Waals surface area contributed by atoms with Gasteiger partial charge in [-0.1, -0.05) is 19.4 Å². The first-order valence-electron chi connectivity index (χ1n) is 8.45. The second kappa shape index (κ2) is 8.58. The van der Waals surface area contributed by atoms with E-state index in [0.717, 1.165) is 31.5 Å². The number of carbonyl (C=O) groups excluding carboxylic acids is 1. The van der Waals surface area contributed by atoms with Gasteiger partial charge in [-0.25, -0.2) is 8.42 Å². The molecule has 1 aliphatic heterocycles. The average molecular weight is 353 g/mol. The van der Waals surface area contributed by atoms with Crippen molar-refractivity contribution >= 4 is 15.7 Å². The number of hydrogen-bond donors (Lipinski definition) is 1. The molecule has 0 aliphatic carbocycles. The Morgan fingerprint density at radius 3 is 2.83 bits per heavy atom. The topological polar surface area (TPSA) is 79.4 Å². The quantitative estimate of drug-likeness (QED) is 0.751. The molecular weight excluding hydrogens is 326 g/mol. The fourth-order valence-corrected chi connectivity index (χ4v) is 3.80. The summed E-state index contributed by atoms with van der Waals surface area (Å²) in [7, 11) is -2.96. The van der Waals surface area contributed by atoms with E-state index in [9.17, 15) is 13.2 Å². The summed E-state index contributed by atoms with van der Waals surface area (Å²) < 4.78 is 22.7. The summed E-state index contributed by atoms with van der Waals surface area (Å²) in [6.45, 7) is 4.24. The molecule has 1 aromatic heterocycles. The van der Waals surface area contributed by atoms with Gasteiger partial charge in [0.15, 0.2) is 0 Å².